The number of H-pyrrole nitrogens is 2. The molecule has 2 heteroatoms. The molecule has 8 rings (SSSR count). The molecule has 2 N–H and O–H groups in total. The summed E-state index contributed by atoms with van der Waals surface area (Å²) in [6.45, 7) is 0. The third-order valence-corrected chi connectivity index (χ3v) is 8.37. The number of aryl methyl sites for hydroxylation is 2. The highest BCUT2D eigenvalue weighted by Gasteiger charge is 2.18. The number of hydrogen-bond donors (Lipinski definition) is 2. The number of para-hydroxylation sites is 2. The van der Waals surface area contributed by atoms with Crippen LogP contribution in [0.15, 0.2) is 133 Å². The SMILES string of the molecule is c1ccc(-c2ccc3c([nH]c4ccccc43)c2CCc2c(-c3ccccc3)ccc3c2[nH]c2ccccc23)cc1. The summed E-state index contributed by atoms with van der Waals surface area (Å²) < 4.78 is 0. The lowest BCUT2D eigenvalue weighted by Crippen LogP contribution is -1.99. The van der Waals surface area contributed by atoms with Gasteiger partial charge in [0.15, 0.2) is 0 Å². The molecular weight excluding hydrogens is 484 g/mol. The first-order valence-corrected chi connectivity index (χ1v) is 14.0. The van der Waals surface area contributed by atoms with Crippen molar-refractivity contribution >= 4 is 43.6 Å². The maximum atomic E-state index is 3.79. The number of fused-ring (bicyclic) bond motifs is 6. The van der Waals surface area contributed by atoms with Crippen LogP contribution in [0, 0.1) is 0 Å². The van der Waals surface area contributed by atoms with Crippen molar-refractivity contribution < 1.29 is 0 Å². The van der Waals surface area contributed by atoms with Gasteiger partial charge >= 0.3 is 0 Å². The van der Waals surface area contributed by atoms with E-state index in [0.717, 1.165) is 12.8 Å². The molecular formula is C38H28N2. The number of benzene rings is 6. The van der Waals surface area contributed by atoms with Gasteiger partial charge in [-0.3, -0.25) is 0 Å². The number of nitrogens with one attached hydrogen (secondary N) is 2. The van der Waals surface area contributed by atoms with Crippen LogP contribution in [0.2, 0.25) is 0 Å². The molecule has 2 aromatic heterocycles. The van der Waals surface area contributed by atoms with E-state index in [2.05, 4.69) is 143 Å². The Labute approximate surface area is 232 Å². The smallest absolute Gasteiger partial charge is 0.0503 e. The molecule has 0 spiro atoms. The lowest BCUT2D eigenvalue weighted by molar-refractivity contribution is 0.976. The molecule has 0 bridgehead atoms. The largest absolute Gasteiger partial charge is 0.354 e. The molecule has 0 radical (unpaired) electrons. The van der Waals surface area contributed by atoms with Gasteiger partial charge in [-0.25, -0.2) is 0 Å². The van der Waals surface area contributed by atoms with Crippen LogP contribution in [0.1, 0.15) is 11.1 Å². The molecule has 0 aliphatic heterocycles. The van der Waals surface area contributed by atoms with Gasteiger partial charge in [0.2, 0.25) is 0 Å². The molecule has 0 saturated carbocycles. The third kappa shape index (κ3) is 3.65. The van der Waals surface area contributed by atoms with Crippen LogP contribution in [-0.4, -0.2) is 9.97 Å². The second-order valence-electron chi connectivity index (χ2n) is 10.6. The van der Waals surface area contributed by atoms with Crippen LogP contribution in [0.4, 0.5) is 0 Å². The van der Waals surface area contributed by atoms with Crippen LogP contribution in [0.5, 0.6) is 0 Å². The Morgan fingerprint density at radius 3 is 1.20 bits per heavy atom. The fourth-order valence-electron chi connectivity index (χ4n) is 6.50. The molecule has 190 valence electrons. The summed E-state index contributed by atoms with van der Waals surface area (Å²) in [5, 5.41) is 5.14. The van der Waals surface area contributed by atoms with Crippen molar-refractivity contribution in [3.63, 3.8) is 0 Å². The monoisotopic (exact) mass is 512 g/mol. The molecule has 0 aliphatic carbocycles. The van der Waals surface area contributed by atoms with E-state index in [1.807, 2.05) is 0 Å². The fraction of sp³-hybridized carbons (Fsp3) is 0.0526. The van der Waals surface area contributed by atoms with Gasteiger partial charge < -0.3 is 9.97 Å². The molecule has 8 aromatic rings. The summed E-state index contributed by atoms with van der Waals surface area (Å²) in [4.78, 5) is 7.58. The quantitative estimate of drug-likeness (QED) is 0.230. The van der Waals surface area contributed by atoms with E-state index in [1.165, 1.54) is 77.0 Å². The summed E-state index contributed by atoms with van der Waals surface area (Å²) in [6.07, 6.45) is 1.84. The lowest BCUT2D eigenvalue weighted by atomic mass is 9.89. The molecule has 2 heterocycles. The molecule has 0 fully saturated rings. The second-order valence-corrected chi connectivity index (χ2v) is 10.6. The van der Waals surface area contributed by atoms with Crippen LogP contribution < -0.4 is 0 Å². The molecule has 0 unspecified atom stereocenters. The van der Waals surface area contributed by atoms with Crippen molar-refractivity contribution in [1.82, 2.24) is 9.97 Å². The normalized spacial score (nSPS) is 11.7. The van der Waals surface area contributed by atoms with E-state index in [-0.39, 0.29) is 0 Å². The highest BCUT2D eigenvalue weighted by atomic mass is 14.7. The predicted molar refractivity (Wildman–Crippen MR) is 170 cm³/mol. The van der Waals surface area contributed by atoms with Crippen LogP contribution >= 0.6 is 0 Å². The Morgan fingerprint density at radius 2 is 0.750 bits per heavy atom. The average Bonchev–Trinajstić information content (AvgIpc) is 3.59. The van der Waals surface area contributed by atoms with Gasteiger partial charge in [0.05, 0.1) is 11.0 Å². The molecule has 2 nitrogen and oxygen atoms in total. The van der Waals surface area contributed by atoms with Crippen molar-refractivity contribution in [2.45, 2.75) is 12.8 Å². The van der Waals surface area contributed by atoms with E-state index < -0.39 is 0 Å². The zero-order chi connectivity index (χ0) is 26.5. The topological polar surface area (TPSA) is 31.6 Å². The van der Waals surface area contributed by atoms with Crippen LogP contribution in [0.25, 0.3) is 65.9 Å². The van der Waals surface area contributed by atoms with Gasteiger partial charge in [-0.15, -0.1) is 0 Å². The van der Waals surface area contributed by atoms with Crippen molar-refractivity contribution in [1.29, 1.82) is 0 Å². The molecule has 40 heavy (non-hydrogen) atoms. The Kier molecular flexibility index (Phi) is 5.31. The minimum absolute atomic E-state index is 0.919. The van der Waals surface area contributed by atoms with Crippen molar-refractivity contribution in [2.75, 3.05) is 0 Å². The third-order valence-electron chi connectivity index (χ3n) is 8.37. The van der Waals surface area contributed by atoms with E-state index >= 15 is 0 Å². The van der Waals surface area contributed by atoms with Crippen molar-refractivity contribution in [3.05, 3.63) is 145 Å². The average molecular weight is 513 g/mol. The van der Waals surface area contributed by atoms with Gasteiger partial charge in [-0.1, -0.05) is 121 Å². The minimum Gasteiger partial charge on any atom is -0.354 e. The van der Waals surface area contributed by atoms with E-state index in [4.69, 9.17) is 0 Å². The number of aromatic nitrogens is 2. The summed E-state index contributed by atoms with van der Waals surface area (Å²) in [7, 11) is 0. The molecule has 0 saturated heterocycles. The van der Waals surface area contributed by atoms with Crippen molar-refractivity contribution in [3.8, 4) is 22.3 Å². The molecule has 0 aliphatic rings. The highest BCUT2D eigenvalue weighted by molar-refractivity contribution is 6.11. The first-order valence-electron chi connectivity index (χ1n) is 14.0. The maximum absolute atomic E-state index is 3.79. The highest BCUT2D eigenvalue weighted by Crippen LogP contribution is 2.38. The molecule has 0 amide bonds. The van der Waals surface area contributed by atoms with Crippen LogP contribution in [-0.2, 0) is 12.8 Å². The standard InChI is InChI=1S/C38H28N2/c1-3-11-25(12-4-1)27-19-21-33-29-15-7-9-17-35(29)39-37(33)31(27)23-24-32-28(26-13-5-2-6-14-26)20-22-34-30-16-8-10-18-36(30)40-38(32)34/h1-22,39-40H,23-24H2. The van der Waals surface area contributed by atoms with Gasteiger partial charge in [-0.2, -0.15) is 0 Å². The van der Waals surface area contributed by atoms with E-state index in [1.54, 1.807) is 0 Å². The maximum Gasteiger partial charge on any atom is 0.0503 e. The fourth-order valence-corrected chi connectivity index (χ4v) is 6.50. The Hall–Kier alpha value is -5.08. The molecule has 6 aromatic carbocycles. The first-order chi connectivity index (χ1) is 19.8. The Balaban J connectivity index is 1.34. The Bertz CT molecular complexity index is 1990. The van der Waals surface area contributed by atoms with Crippen LogP contribution in [0.3, 0.4) is 0 Å². The van der Waals surface area contributed by atoms with Gasteiger partial charge in [0.25, 0.3) is 0 Å². The zero-order valence-corrected chi connectivity index (χ0v) is 22.1. The summed E-state index contributed by atoms with van der Waals surface area (Å²) >= 11 is 0. The summed E-state index contributed by atoms with van der Waals surface area (Å²) in [5.74, 6) is 0. The lowest BCUT2D eigenvalue weighted by Gasteiger charge is -2.15. The number of rotatable bonds is 5. The van der Waals surface area contributed by atoms with Gasteiger partial charge in [-0.05, 0) is 58.4 Å². The van der Waals surface area contributed by atoms with Gasteiger partial charge in [0, 0.05) is 32.6 Å². The minimum atomic E-state index is 0.919. The zero-order valence-electron chi connectivity index (χ0n) is 22.1. The van der Waals surface area contributed by atoms with E-state index in [9.17, 15) is 0 Å². The molecule has 0 atom stereocenters. The number of aromatic amines is 2. The summed E-state index contributed by atoms with van der Waals surface area (Å²) in [6, 6.07) is 48.1. The first kappa shape index (κ1) is 22.9. The second kappa shape index (κ2) is 9.29. The van der Waals surface area contributed by atoms with Crippen molar-refractivity contribution in [2.24, 2.45) is 0 Å². The number of hydrogen-bond acceptors (Lipinski definition) is 0. The Morgan fingerprint density at radius 1 is 0.350 bits per heavy atom. The van der Waals surface area contributed by atoms with Gasteiger partial charge in [0.1, 0.15) is 0 Å². The van der Waals surface area contributed by atoms with E-state index in [0.29, 0.717) is 0 Å². The summed E-state index contributed by atoms with van der Waals surface area (Å²) in [5.41, 5.74) is 12.7. The predicted octanol–water partition coefficient (Wildman–Crippen LogP) is 10.1.